The number of nitrogens with zero attached hydrogens (tertiary/aromatic N) is 2. The zero-order valence-corrected chi connectivity index (χ0v) is 13.3. The van der Waals surface area contributed by atoms with Crippen LogP contribution >= 0.6 is 27.7 Å². The molecule has 3 N–H and O–H groups in total. The Morgan fingerprint density at radius 2 is 2.11 bits per heavy atom. The Balaban J connectivity index is 2.06. The van der Waals surface area contributed by atoms with Gasteiger partial charge in [0.1, 0.15) is 0 Å². The predicted octanol–water partition coefficient (Wildman–Crippen LogP) is 2.79. The lowest BCUT2D eigenvalue weighted by Crippen LogP contribution is -2.31. The Hall–Kier alpha value is -0.820. The van der Waals surface area contributed by atoms with Crippen molar-refractivity contribution in [3.05, 3.63) is 46.2 Å². The number of nitrogens with two attached hydrogens (primary N) is 1. The molecule has 102 valence electrons. The fourth-order valence-corrected chi connectivity index (χ4v) is 3.40. The van der Waals surface area contributed by atoms with Gasteiger partial charge in [0, 0.05) is 17.7 Å². The molecule has 0 spiro atoms. The minimum Gasteiger partial charge on any atom is -0.271 e. The predicted molar refractivity (Wildman–Crippen MR) is 82.9 cm³/mol. The monoisotopic (exact) mass is 340 g/mol. The Morgan fingerprint density at radius 3 is 2.63 bits per heavy atom. The summed E-state index contributed by atoms with van der Waals surface area (Å²) in [7, 11) is 1.92. The van der Waals surface area contributed by atoms with Crippen LogP contribution in [0, 0.1) is 6.92 Å². The molecular weight excluding hydrogens is 324 g/mol. The molecule has 0 radical (unpaired) electrons. The first-order chi connectivity index (χ1) is 9.11. The number of hydrogen-bond acceptors (Lipinski definition) is 4. The Kier molecular flexibility index (Phi) is 5.04. The molecule has 19 heavy (non-hydrogen) atoms. The molecule has 1 unspecified atom stereocenters. The van der Waals surface area contributed by atoms with Crippen LogP contribution in [0.4, 0.5) is 0 Å². The van der Waals surface area contributed by atoms with Crippen LogP contribution in [0.5, 0.6) is 0 Å². The SMILES string of the molecule is Cc1ccc(SCC(NN)c2c(Br)cnn2C)cc1. The number of halogens is 1. The minimum absolute atomic E-state index is 0.0492. The smallest absolute Gasteiger partial charge is 0.0734 e. The van der Waals surface area contributed by atoms with E-state index in [-0.39, 0.29) is 6.04 Å². The molecule has 0 bridgehead atoms. The average Bonchev–Trinajstić information content (AvgIpc) is 2.73. The van der Waals surface area contributed by atoms with Gasteiger partial charge in [0.15, 0.2) is 0 Å². The standard InChI is InChI=1S/C13H17BrN4S/c1-9-3-5-10(6-4-9)19-8-12(17-15)13-11(14)7-16-18(13)2/h3-7,12,17H,8,15H2,1-2H3. The van der Waals surface area contributed by atoms with Crippen LogP contribution in [0.1, 0.15) is 17.3 Å². The van der Waals surface area contributed by atoms with Gasteiger partial charge in [0.05, 0.1) is 22.4 Å². The maximum atomic E-state index is 5.66. The van der Waals surface area contributed by atoms with E-state index in [1.165, 1.54) is 10.5 Å². The van der Waals surface area contributed by atoms with E-state index >= 15 is 0 Å². The van der Waals surface area contributed by atoms with Crippen LogP contribution in [-0.2, 0) is 7.05 Å². The Morgan fingerprint density at radius 1 is 1.42 bits per heavy atom. The van der Waals surface area contributed by atoms with E-state index in [0.29, 0.717) is 0 Å². The highest BCUT2D eigenvalue weighted by Gasteiger charge is 2.17. The normalized spacial score (nSPS) is 12.6. The highest BCUT2D eigenvalue weighted by Crippen LogP contribution is 2.28. The number of nitrogens with one attached hydrogen (secondary N) is 1. The maximum absolute atomic E-state index is 5.66. The summed E-state index contributed by atoms with van der Waals surface area (Å²) in [4.78, 5) is 1.24. The molecule has 0 aliphatic carbocycles. The molecule has 2 aromatic rings. The number of aromatic nitrogens is 2. The minimum atomic E-state index is 0.0492. The van der Waals surface area contributed by atoms with Crippen molar-refractivity contribution in [3.63, 3.8) is 0 Å². The first-order valence-corrected chi connectivity index (χ1v) is 7.72. The van der Waals surface area contributed by atoms with Crippen molar-refractivity contribution in [3.8, 4) is 0 Å². The van der Waals surface area contributed by atoms with Gasteiger partial charge in [-0.15, -0.1) is 11.8 Å². The maximum Gasteiger partial charge on any atom is 0.0734 e. The van der Waals surface area contributed by atoms with Gasteiger partial charge < -0.3 is 0 Å². The topological polar surface area (TPSA) is 55.9 Å². The zero-order valence-electron chi connectivity index (χ0n) is 10.9. The number of aryl methyl sites for hydroxylation is 2. The lowest BCUT2D eigenvalue weighted by Gasteiger charge is -2.16. The first-order valence-electron chi connectivity index (χ1n) is 5.95. The van der Waals surface area contributed by atoms with E-state index < -0.39 is 0 Å². The van der Waals surface area contributed by atoms with Crippen LogP contribution in [0.2, 0.25) is 0 Å². The molecule has 0 saturated carbocycles. The van der Waals surface area contributed by atoms with E-state index in [1.807, 2.05) is 11.7 Å². The van der Waals surface area contributed by atoms with Gasteiger partial charge in [-0.1, -0.05) is 17.7 Å². The Bertz CT molecular complexity index is 519. The number of thioether (sulfide) groups is 1. The lowest BCUT2D eigenvalue weighted by molar-refractivity contribution is 0.552. The quantitative estimate of drug-likeness (QED) is 0.499. The van der Waals surface area contributed by atoms with Crippen LogP contribution in [0.3, 0.4) is 0 Å². The molecule has 0 fully saturated rings. The van der Waals surface area contributed by atoms with Crippen LogP contribution < -0.4 is 11.3 Å². The van der Waals surface area contributed by atoms with Crippen molar-refractivity contribution in [2.24, 2.45) is 12.9 Å². The first kappa shape index (κ1) is 14.6. The van der Waals surface area contributed by atoms with E-state index in [9.17, 15) is 0 Å². The molecule has 4 nitrogen and oxygen atoms in total. The van der Waals surface area contributed by atoms with Crippen LogP contribution in [-0.4, -0.2) is 15.5 Å². The third-order valence-electron chi connectivity index (χ3n) is 2.91. The number of hydrazine groups is 1. The molecule has 1 aromatic carbocycles. The molecule has 1 heterocycles. The summed E-state index contributed by atoms with van der Waals surface area (Å²) in [6, 6.07) is 8.55. The molecular formula is C13H17BrN4S. The molecule has 0 aliphatic heterocycles. The second-order valence-electron chi connectivity index (χ2n) is 4.34. The summed E-state index contributed by atoms with van der Waals surface area (Å²) in [5, 5.41) is 4.22. The lowest BCUT2D eigenvalue weighted by atomic mass is 10.2. The largest absolute Gasteiger partial charge is 0.271 e. The average molecular weight is 341 g/mol. The molecule has 1 aromatic heterocycles. The van der Waals surface area contributed by atoms with Crippen LogP contribution in [0.25, 0.3) is 0 Å². The van der Waals surface area contributed by atoms with Gasteiger partial charge in [-0.2, -0.15) is 5.10 Å². The number of rotatable bonds is 5. The van der Waals surface area contributed by atoms with Gasteiger partial charge in [-0.05, 0) is 35.0 Å². The van der Waals surface area contributed by atoms with Crippen molar-refractivity contribution < 1.29 is 0 Å². The van der Waals surface area contributed by atoms with Gasteiger partial charge in [-0.25, -0.2) is 0 Å². The van der Waals surface area contributed by atoms with Crippen molar-refractivity contribution in [2.75, 3.05) is 5.75 Å². The van der Waals surface area contributed by atoms with Crippen molar-refractivity contribution in [1.82, 2.24) is 15.2 Å². The zero-order chi connectivity index (χ0) is 13.8. The third kappa shape index (κ3) is 3.60. The summed E-state index contributed by atoms with van der Waals surface area (Å²) in [5.74, 6) is 6.51. The van der Waals surface area contributed by atoms with Gasteiger partial charge in [0.25, 0.3) is 0 Å². The summed E-state index contributed by atoms with van der Waals surface area (Å²) in [6.45, 7) is 2.09. The van der Waals surface area contributed by atoms with Crippen molar-refractivity contribution in [2.45, 2.75) is 17.9 Å². The van der Waals surface area contributed by atoms with E-state index in [4.69, 9.17) is 5.84 Å². The summed E-state index contributed by atoms with van der Waals surface area (Å²) in [5.41, 5.74) is 5.18. The fraction of sp³-hybridized carbons (Fsp3) is 0.308. The fourth-order valence-electron chi connectivity index (χ4n) is 1.83. The van der Waals surface area contributed by atoms with Gasteiger partial charge in [0.2, 0.25) is 0 Å². The van der Waals surface area contributed by atoms with Crippen molar-refractivity contribution in [1.29, 1.82) is 0 Å². The summed E-state index contributed by atoms with van der Waals surface area (Å²) >= 11 is 5.28. The van der Waals surface area contributed by atoms with Crippen molar-refractivity contribution >= 4 is 27.7 Å². The second-order valence-corrected chi connectivity index (χ2v) is 6.29. The van der Waals surface area contributed by atoms with Gasteiger partial charge >= 0.3 is 0 Å². The van der Waals surface area contributed by atoms with E-state index in [1.54, 1.807) is 18.0 Å². The van der Waals surface area contributed by atoms with Crippen LogP contribution in [0.15, 0.2) is 39.8 Å². The highest BCUT2D eigenvalue weighted by molar-refractivity contribution is 9.10. The Labute approximate surface area is 125 Å². The van der Waals surface area contributed by atoms with Gasteiger partial charge in [-0.3, -0.25) is 16.0 Å². The molecule has 1 atom stereocenters. The number of benzene rings is 1. The molecule has 2 rings (SSSR count). The third-order valence-corrected chi connectivity index (χ3v) is 4.62. The molecule has 0 amide bonds. The summed E-state index contributed by atoms with van der Waals surface area (Å²) < 4.78 is 2.81. The van der Waals surface area contributed by atoms with E-state index in [2.05, 4.69) is 57.6 Å². The second kappa shape index (κ2) is 6.56. The number of hydrogen-bond donors (Lipinski definition) is 2. The molecule has 0 saturated heterocycles. The molecule has 6 heteroatoms. The highest BCUT2D eigenvalue weighted by atomic mass is 79.9. The molecule has 0 aliphatic rings. The summed E-state index contributed by atoms with van der Waals surface area (Å²) in [6.07, 6.45) is 1.79. The van der Waals surface area contributed by atoms with E-state index in [0.717, 1.165) is 15.9 Å².